The first-order chi connectivity index (χ1) is 5.77. The van der Waals surface area contributed by atoms with Crippen LogP contribution in [0.25, 0.3) is 10.9 Å². The van der Waals surface area contributed by atoms with E-state index in [1.807, 2.05) is 24.3 Å². The lowest BCUT2D eigenvalue weighted by Crippen LogP contribution is -1.94. The standard InChI is InChI=1S/C8H6BrN3/c9-8-11-6-4-2-1-3-5(6)7(10)12-8/h1-4H,(H2,10,11,12). The normalized spacial score (nSPS) is 10.4. The summed E-state index contributed by atoms with van der Waals surface area (Å²) in [6.07, 6.45) is 0. The van der Waals surface area contributed by atoms with Crippen molar-refractivity contribution in [2.24, 2.45) is 0 Å². The number of hydrogen-bond acceptors (Lipinski definition) is 3. The maximum absolute atomic E-state index is 5.68. The Morgan fingerprint density at radius 1 is 1.17 bits per heavy atom. The number of halogens is 1. The lowest BCUT2D eigenvalue weighted by Gasteiger charge is -1.99. The molecule has 2 N–H and O–H groups in total. The second-order valence-electron chi connectivity index (χ2n) is 2.40. The predicted octanol–water partition coefficient (Wildman–Crippen LogP) is 1.97. The summed E-state index contributed by atoms with van der Waals surface area (Å²) in [4.78, 5) is 8.15. The quantitative estimate of drug-likeness (QED) is 0.696. The third kappa shape index (κ3) is 1.14. The number of anilines is 1. The van der Waals surface area contributed by atoms with Gasteiger partial charge in [0.05, 0.1) is 5.52 Å². The van der Waals surface area contributed by atoms with Crippen molar-refractivity contribution < 1.29 is 0 Å². The highest BCUT2D eigenvalue weighted by molar-refractivity contribution is 9.10. The zero-order valence-corrected chi connectivity index (χ0v) is 7.75. The number of nitrogen functional groups attached to an aromatic ring is 1. The van der Waals surface area contributed by atoms with Gasteiger partial charge in [-0.2, -0.15) is 0 Å². The van der Waals surface area contributed by atoms with Crippen LogP contribution in [-0.4, -0.2) is 9.97 Å². The van der Waals surface area contributed by atoms with Crippen LogP contribution >= 0.6 is 15.9 Å². The maximum atomic E-state index is 5.68. The van der Waals surface area contributed by atoms with Crippen molar-refractivity contribution in [1.82, 2.24) is 9.97 Å². The Balaban J connectivity index is 2.89. The summed E-state index contributed by atoms with van der Waals surface area (Å²) in [6.45, 7) is 0. The average molecular weight is 224 g/mol. The summed E-state index contributed by atoms with van der Waals surface area (Å²) in [5.41, 5.74) is 6.53. The van der Waals surface area contributed by atoms with E-state index >= 15 is 0 Å². The smallest absolute Gasteiger partial charge is 0.199 e. The third-order valence-corrected chi connectivity index (χ3v) is 1.96. The van der Waals surface area contributed by atoms with Crippen molar-refractivity contribution in [3.05, 3.63) is 29.0 Å². The summed E-state index contributed by atoms with van der Waals surface area (Å²) >= 11 is 3.18. The van der Waals surface area contributed by atoms with Crippen molar-refractivity contribution in [2.75, 3.05) is 5.73 Å². The van der Waals surface area contributed by atoms with E-state index < -0.39 is 0 Å². The van der Waals surface area contributed by atoms with Gasteiger partial charge in [-0.05, 0) is 28.1 Å². The van der Waals surface area contributed by atoms with Crippen molar-refractivity contribution >= 4 is 32.7 Å². The minimum Gasteiger partial charge on any atom is -0.383 e. The van der Waals surface area contributed by atoms with Gasteiger partial charge in [0.25, 0.3) is 0 Å². The van der Waals surface area contributed by atoms with Crippen molar-refractivity contribution in [1.29, 1.82) is 0 Å². The van der Waals surface area contributed by atoms with Crippen molar-refractivity contribution in [2.45, 2.75) is 0 Å². The molecular formula is C8H6BrN3. The molecule has 0 amide bonds. The molecule has 0 aliphatic heterocycles. The molecule has 0 atom stereocenters. The number of rotatable bonds is 0. The highest BCUT2D eigenvalue weighted by Crippen LogP contribution is 2.18. The predicted molar refractivity (Wildman–Crippen MR) is 51.7 cm³/mol. The van der Waals surface area contributed by atoms with Crippen LogP contribution in [0.5, 0.6) is 0 Å². The van der Waals surface area contributed by atoms with E-state index in [-0.39, 0.29) is 0 Å². The van der Waals surface area contributed by atoms with Crippen LogP contribution in [0.1, 0.15) is 0 Å². The monoisotopic (exact) mass is 223 g/mol. The lowest BCUT2D eigenvalue weighted by molar-refractivity contribution is 1.17. The maximum Gasteiger partial charge on any atom is 0.199 e. The Morgan fingerprint density at radius 2 is 1.92 bits per heavy atom. The van der Waals surface area contributed by atoms with Gasteiger partial charge in [-0.3, -0.25) is 0 Å². The summed E-state index contributed by atoms with van der Waals surface area (Å²) in [6, 6.07) is 7.63. The van der Waals surface area contributed by atoms with Gasteiger partial charge >= 0.3 is 0 Å². The minimum absolute atomic E-state index is 0.507. The van der Waals surface area contributed by atoms with E-state index in [1.165, 1.54) is 0 Å². The molecular weight excluding hydrogens is 218 g/mol. The van der Waals surface area contributed by atoms with Crippen molar-refractivity contribution in [3.63, 3.8) is 0 Å². The van der Waals surface area contributed by atoms with Crippen LogP contribution in [0.4, 0.5) is 5.82 Å². The molecule has 60 valence electrons. The number of benzene rings is 1. The van der Waals surface area contributed by atoms with Crippen molar-refractivity contribution in [3.8, 4) is 0 Å². The molecule has 0 fully saturated rings. The molecule has 0 aliphatic carbocycles. The summed E-state index contributed by atoms with van der Waals surface area (Å²) in [7, 11) is 0. The van der Waals surface area contributed by atoms with Gasteiger partial charge in [-0.15, -0.1) is 0 Å². The first kappa shape index (κ1) is 7.49. The zero-order chi connectivity index (χ0) is 8.55. The molecule has 1 aromatic carbocycles. The molecule has 0 saturated heterocycles. The van der Waals surface area contributed by atoms with Gasteiger partial charge in [0.15, 0.2) is 4.73 Å². The van der Waals surface area contributed by atoms with E-state index in [9.17, 15) is 0 Å². The van der Waals surface area contributed by atoms with Gasteiger partial charge in [-0.1, -0.05) is 12.1 Å². The minimum atomic E-state index is 0.507. The number of fused-ring (bicyclic) bond motifs is 1. The van der Waals surface area contributed by atoms with Crippen LogP contribution in [0.15, 0.2) is 29.0 Å². The fourth-order valence-electron chi connectivity index (χ4n) is 1.07. The summed E-state index contributed by atoms with van der Waals surface area (Å²) in [5, 5.41) is 0.890. The number of aromatic nitrogens is 2. The summed E-state index contributed by atoms with van der Waals surface area (Å²) < 4.78 is 0.527. The van der Waals surface area contributed by atoms with E-state index in [0.717, 1.165) is 10.9 Å². The van der Waals surface area contributed by atoms with Gasteiger partial charge < -0.3 is 5.73 Å². The topological polar surface area (TPSA) is 51.8 Å². The van der Waals surface area contributed by atoms with E-state index in [4.69, 9.17) is 5.73 Å². The van der Waals surface area contributed by atoms with Crippen LogP contribution in [-0.2, 0) is 0 Å². The van der Waals surface area contributed by atoms with Crippen LogP contribution in [0, 0.1) is 0 Å². The molecule has 1 heterocycles. The molecule has 4 heteroatoms. The second-order valence-corrected chi connectivity index (χ2v) is 3.10. The number of para-hydroxylation sites is 1. The van der Waals surface area contributed by atoms with E-state index in [1.54, 1.807) is 0 Å². The molecule has 12 heavy (non-hydrogen) atoms. The molecule has 0 unspecified atom stereocenters. The van der Waals surface area contributed by atoms with Gasteiger partial charge in [0.2, 0.25) is 0 Å². The van der Waals surface area contributed by atoms with Gasteiger partial charge in [-0.25, -0.2) is 9.97 Å². The Bertz CT molecular complexity index is 428. The Morgan fingerprint density at radius 3 is 2.75 bits per heavy atom. The number of nitrogens with zero attached hydrogens (tertiary/aromatic N) is 2. The summed E-state index contributed by atoms with van der Waals surface area (Å²) in [5.74, 6) is 0.507. The van der Waals surface area contributed by atoms with Gasteiger partial charge in [0, 0.05) is 5.39 Å². The van der Waals surface area contributed by atoms with Crippen LogP contribution in [0.2, 0.25) is 0 Å². The molecule has 0 spiro atoms. The zero-order valence-electron chi connectivity index (χ0n) is 6.16. The molecule has 3 nitrogen and oxygen atoms in total. The van der Waals surface area contributed by atoms with Crippen LogP contribution < -0.4 is 5.73 Å². The second kappa shape index (κ2) is 2.71. The Labute approximate surface area is 77.8 Å². The lowest BCUT2D eigenvalue weighted by atomic mass is 10.2. The number of nitrogens with two attached hydrogens (primary N) is 1. The highest BCUT2D eigenvalue weighted by Gasteiger charge is 2.00. The first-order valence-electron chi connectivity index (χ1n) is 3.45. The van der Waals surface area contributed by atoms with Crippen LogP contribution in [0.3, 0.4) is 0 Å². The first-order valence-corrected chi connectivity index (χ1v) is 4.24. The fraction of sp³-hybridized carbons (Fsp3) is 0. The molecule has 0 aliphatic rings. The number of hydrogen-bond donors (Lipinski definition) is 1. The molecule has 0 radical (unpaired) electrons. The third-order valence-electron chi connectivity index (χ3n) is 1.61. The van der Waals surface area contributed by atoms with E-state index in [0.29, 0.717) is 10.6 Å². The molecule has 1 aromatic heterocycles. The fourth-order valence-corrected chi connectivity index (χ4v) is 1.45. The molecule has 2 rings (SSSR count). The average Bonchev–Trinajstić information content (AvgIpc) is 2.04. The molecule has 0 saturated carbocycles. The highest BCUT2D eigenvalue weighted by atomic mass is 79.9. The SMILES string of the molecule is Nc1nc(Br)nc2ccccc12. The molecule has 2 aromatic rings. The molecule has 0 bridgehead atoms. The Hall–Kier alpha value is -1.16. The largest absolute Gasteiger partial charge is 0.383 e. The van der Waals surface area contributed by atoms with Gasteiger partial charge in [0.1, 0.15) is 5.82 Å². The Kier molecular flexibility index (Phi) is 1.69. The van der Waals surface area contributed by atoms with E-state index in [2.05, 4.69) is 25.9 Å².